The minimum Gasteiger partial charge on any atom is -0.393 e. The zero-order chi connectivity index (χ0) is 11.5. The van der Waals surface area contributed by atoms with Crippen molar-refractivity contribution < 1.29 is 5.11 Å². The average Bonchev–Trinajstić information content (AvgIpc) is 2.30. The molecule has 0 amide bonds. The van der Waals surface area contributed by atoms with Gasteiger partial charge in [0, 0.05) is 24.8 Å². The van der Waals surface area contributed by atoms with Crippen LogP contribution < -0.4 is 10.6 Å². The van der Waals surface area contributed by atoms with Crippen LogP contribution in [0.3, 0.4) is 0 Å². The van der Waals surface area contributed by atoms with E-state index in [1.54, 1.807) is 0 Å². The first-order valence-corrected chi connectivity index (χ1v) is 5.96. The van der Waals surface area contributed by atoms with Gasteiger partial charge in [-0.1, -0.05) is 18.2 Å². The standard InChI is InChI=1S/C13H20N2O/c1-10(14)12-4-2-3-5-13(12)15-8-6-11(16)7-9-15/h2-5,10-11,16H,6-9,14H2,1H3/t10-/m1/s1. The number of nitrogens with two attached hydrogens (primary N) is 1. The molecule has 0 aromatic heterocycles. The van der Waals surface area contributed by atoms with E-state index in [4.69, 9.17) is 5.73 Å². The molecular formula is C13H20N2O. The fraction of sp³-hybridized carbons (Fsp3) is 0.538. The monoisotopic (exact) mass is 220 g/mol. The molecule has 0 unspecified atom stereocenters. The molecule has 0 spiro atoms. The maximum Gasteiger partial charge on any atom is 0.0574 e. The summed E-state index contributed by atoms with van der Waals surface area (Å²) in [6, 6.07) is 8.34. The largest absolute Gasteiger partial charge is 0.393 e. The molecule has 1 saturated heterocycles. The highest BCUT2D eigenvalue weighted by Crippen LogP contribution is 2.27. The van der Waals surface area contributed by atoms with Crippen LogP contribution in [0.2, 0.25) is 0 Å². The van der Waals surface area contributed by atoms with Gasteiger partial charge in [-0.25, -0.2) is 0 Å². The van der Waals surface area contributed by atoms with Gasteiger partial charge in [0.15, 0.2) is 0 Å². The van der Waals surface area contributed by atoms with Gasteiger partial charge in [-0.3, -0.25) is 0 Å². The van der Waals surface area contributed by atoms with E-state index in [1.807, 2.05) is 19.1 Å². The Morgan fingerprint density at radius 1 is 1.31 bits per heavy atom. The van der Waals surface area contributed by atoms with Crippen molar-refractivity contribution in [2.45, 2.75) is 31.9 Å². The van der Waals surface area contributed by atoms with E-state index >= 15 is 0 Å². The SMILES string of the molecule is C[C@@H](N)c1ccccc1N1CCC(O)CC1. The topological polar surface area (TPSA) is 49.5 Å². The van der Waals surface area contributed by atoms with E-state index in [-0.39, 0.29) is 12.1 Å². The van der Waals surface area contributed by atoms with E-state index in [2.05, 4.69) is 17.0 Å². The smallest absolute Gasteiger partial charge is 0.0574 e. The van der Waals surface area contributed by atoms with E-state index in [9.17, 15) is 5.11 Å². The fourth-order valence-corrected chi connectivity index (χ4v) is 2.27. The van der Waals surface area contributed by atoms with Crippen molar-refractivity contribution in [3.8, 4) is 0 Å². The molecule has 0 radical (unpaired) electrons. The van der Waals surface area contributed by atoms with Crippen LogP contribution in [0.4, 0.5) is 5.69 Å². The summed E-state index contributed by atoms with van der Waals surface area (Å²) < 4.78 is 0. The van der Waals surface area contributed by atoms with Crippen LogP contribution in [-0.4, -0.2) is 24.3 Å². The highest BCUT2D eigenvalue weighted by Gasteiger charge is 2.19. The Morgan fingerprint density at radius 3 is 2.56 bits per heavy atom. The number of hydrogen-bond acceptors (Lipinski definition) is 3. The zero-order valence-electron chi connectivity index (χ0n) is 9.76. The normalized spacial score (nSPS) is 19.8. The van der Waals surface area contributed by atoms with Crippen LogP contribution in [-0.2, 0) is 0 Å². The number of piperidine rings is 1. The maximum atomic E-state index is 9.50. The van der Waals surface area contributed by atoms with Gasteiger partial charge in [0.05, 0.1) is 6.10 Å². The van der Waals surface area contributed by atoms with Crippen molar-refractivity contribution in [3.63, 3.8) is 0 Å². The first-order valence-electron chi connectivity index (χ1n) is 5.96. The molecule has 0 saturated carbocycles. The third kappa shape index (κ3) is 2.36. The van der Waals surface area contributed by atoms with Crippen LogP contribution in [0.1, 0.15) is 31.4 Å². The van der Waals surface area contributed by atoms with Gasteiger partial charge in [-0.05, 0) is 31.4 Å². The van der Waals surface area contributed by atoms with E-state index in [0.717, 1.165) is 25.9 Å². The maximum absolute atomic E-state index is 9.50. The van der Waals surface area contributed by atoms with E-state index in [0.29, 0.717) is 0 Å². The number of para-hydroxylation sites is 1. The summed E-state index contributed by atoms with van der Waals surface area (Å²) >= 11 is 0. The molecule has 1 aromatic carbocycles. The van der Waals surface area contributed by atoms with Crippen LogP contribution >= 0.6 is 0 Å². The molecular weight excluding hydrogens is 200 g/mol. The van der Waals surface area contributed by atoms with Crippen LogP contribution in [0.15, 0.2) is 24.3 Å². The third-order valence-electron chi connectivity index (χ3n) is 3.23. The molecule has 1 aliphatic heterocycles. The lowest BCUT2D eigenvalue weighted by Gasteiger charge is -2.33. The van der Waals surface area contributed by atoms with Gasteiger partial charge in [-0.15, -0.1) is 0 Å². The van der Waals surface area contributed by atoms with E-state index < -0.39 is 0 Å². The lowest BCUT2D eigenvalue weighted by molar-refractivity contribution is 0.145. The number of rotatable bonds is 2. The van der Waals surface area contributed by atoms with Crippen molar-refractivity contribution in [2.24, 2.45) is 5.73 Å². The number of hydrogen-bond donors (Lipinski definition) is 2. The van der Waals surface area contributed by atoms with Gasteiger partial charge in [-0.2, -0.15) is 0 Å². The molecule has 0 aliphatic carbocycles. The molecule has 16 heavy (non-hydrogen) atoms. The average molecular weight is 220 g/mol. The first-order chi connectivity index (χ1) is 7.68. The van der Waals surface area contributed by atoms with Gasteiger partial charge in [0.1, 0.15) is 0 Å². The summed E-state index contributed by atoms with van der Waals surface area (Å²) in [6.07, 6.45) is 1.58. The fourth-order valence-electron chi connectivity index (χ4n) is 2.27. The Labute approximate surface area is 96.9 Å². The molecule has 1 atom stereocenters. The van der Waals surface area contributed by atoms with Gasteiger partial charge in [0.25, 0.3) is 0 Å². The molecule has 1 fully saturated rings. The second-order valence-electron chi connectivity index (χ2n) is 4.57. The number of aliphatic hydroxyl groups excluding tert-OH is 1. The Hall–Kier alpha value is -1.06. The second-order valence-corrected chi connectivity index (χ2v) is 4.57. The number of aliphatic hydroxyl groups is 1. The molecule has 1 aromatic rings. The summed E-state index contributed by atoms with van der Waals surface area (Å²) in [7, 11) is 0. The third-order valence-corrected chi connectivity index (χ3v) is 3.23. The van der Waals surface area contributed by atoms with Crippen LogP contribution in [0.25, 0.3) is 0 Å². The number of benzene rings is 1. The number of nitrogens with zero attached hydrogens (tertiary/aromatic N) is 1. The lowest BCUT2D eigenvalue weighted by atomic mass is 10.0. The Bertz CT molecular complexity index is 344. The Kier molecular flexibility index (Phi) is 3.46. The predicted molar refractivity (Wildman–Crippen MR) is 66.5 cm³/mol. The van der Waals surface area contributed by atoms with Crippen molar-refractivity contribution in [2.75, 3.05) is 18.0 Å². The zero-order valence-corrected chi connectivity index (χ0v) is 9.76. The highest BCUT2D eigenvalue weighted by atomic mass is 16.3. The molecule has 3 N–H and O–H groups in total. The van der Waals surface area contributed by atoms with Crippen LogP contribution in [0.5, 0.6) is 0 Å². The van der Waals surface area contributed by atoms with Crippen molar-refractivity contribution in [1.82, 2.24) is 0 Å². The van der Waals surface area contributed by atoms with Gasteiger partial charge in [0.2, 0.25) is 0 Å². The first kappa shape index (κ1) is 11.4. The molecule has 3 nitrogen and oxygen atoms in total. The minimum atomic E-state index is -0.126. The van der Waals surface area contributed by atoms with Gasteiger partial charge >= 0.3 is 0 Å². The summed E-state index contributed by atoms with van der Waals surface area (Å²) in [5, 5.41) is 9.50. The van der Waals surface area contributed by atoms with E-state index in [1.165, 1.54) is 11.3 Å². The Balaban J connectivity index is 2.19. The van der Waals surface area contributed by atoms with Crippen LogP contribution in [0, 0.1) is 0 Å². The van der Waals surface area contributed by atoms with Gasteiger partial charge < -0.3 is 15.7 Å². The summed E-state index contributed by atoms with van der Waals surface area (Å²) in [5.74, 6) is 0. The minimum absolute atomic E-state index is 0.0584. The summed E-state index contributed by atoms with van der Waals surface area (Å²) in [6.45, 7) is 3.85. The van der Waals surface area contributed by atoms with Crippen molar-refractivity contribution in [3.05, 3.63) is 29.8 Å². The quantitative estimate of drug-likeness (QED) is 0.797. The number of anilines is 1. The molecule has 0 bridgehead atoms. The lowest BCUT2D eigenvalue weighted by Crippen LogP contribution is -2.36. The molecule has 1 aliphatic rings. The molecule has 3 heteroatoms. The molecule has 88 valence electrons. The summed E-state index contributed by atoms with van der Waals surface area (Å²) in [5.41, 5.74) is 8.39. The Morgan fingerprint density at radius 2 is 1.94 bits per heavy atom. The molecule has 2 rings (SSSR count). The summed E-state index contributed by atoms with van der Waals surface area (Å²) in [4.78, 5) is 2.32. The van der Waals surface area contributed by atoms with Crippen molar-refractivity contribution >= 4 is 5.69 Å². The second kappa shape index (κ2) is 4.85. The molecule has 1 heterocycles. The highest BCUT2D eigenvalue weighted by molar-refractivity contribution is 5.55. The van der Waals surface area contributed by atoms with Crippen molar-refractivity contribution in [1.29, 1.82) is 0 Å². The predicted octanol–water partition coefficient (Wildman–Crippen LogP) is 1.67.